The van der Waals surface area contributed by atoms with Gasteiger partial charge in [0.1, 0.15) is 11.6 Å². The molecular formula is C25H17ClN4O. The highest BCUT2D eigenvalue weighted by atomic mass is 35.5. The van der Waals surface area contributed by atoms with Crippen LogP contribution in [0.15, 0.2) is 96.7 Å². The van der Waals surface area contributed by atoms with E-state index in [4.69, 9.17) is 16.7 Å². The van der Waals surface area contributed by atoms with Gasteiger partial charge in [0.05, 0.1) is 11.4 Å². The number of carbonyl (C=O) groups excluding carboxylic acids is 1. The van der Waals surface area contributed by atoms with Crippen LogP contribution in [0.2, 0.25) is 5.02 Å². The van der Waals surface area contributed by atoms with E-state index < -0.39 is 5.91 Å². The van der Waals surface area contributed by atoms with E-state index in [2.05, 4.69) is 5.32 Å². The standard InChI is InChI=1S/C25H17ClN4O/c26-21-11-13-22(14-12-21)28-25(31)19(16-27)15-20-17-30(23-9-5-2-6-10-23)29-24(20)18-7-3-1-4-8-18/h1-15,17H,(H,28,31). The molecule has 0 radical (unpaired) electrons. The molecule has 150 valence electrons. The highest BCUT2D eigenvalue weighted by Crippen LogP contribution is 2.26. The lowest BCUT2D eigenvalue weighted by molar-refractivity contribution is -0.112. The van der Waals surface area contributed by atoms with Gasteiger partial charge in [0.2, 0.25) is 0 Å². The van der Waals surface area contributed by atoms with Gasteiger partial charge in [-0.05, 0) is 42.5 Å². The van der Waals surface area contributed by atoms with E-state index in [-0.39, 0.29) is 5.57 Å². The van der Waals surface area contributed by atoms with Crippen molar-refractivity contribution >= 4 is 29.3 Å². The second kappa shape index (κ2) is 9.12. The molecule has 6 heteroatoms. The summed E-state index contributed by atoms with van der Waals surface area (Å²) in [6, 6.07) is 28.0. The molecule has 0 atom stereocenters. The zero-order valence-corrected chi connectivity index (χ0v) is 17.1. The number of aromatic nitrogens is 2. The van der Waals surface area contributed by atoms with Crippen molar-refractivity contribution in [1.29, 1.82) is 5.26 Å². The quantitative estimate of drug-likeness (QED) is 0.328. The Bertz CT molecular complexity index is 1270. The van der Waals surface area contributed by atoms with Gasteiger partial charge in [-0.15, -0.1) is 0 Å². The number of halogens is 1. The molecule has 0 saturated heterocycles. The van der Waals surface area contributed by atoms with E-state index in [0.29, 0.717) is 22.0 Å². The van der Waals surface area contributed by atoms with E-state index in [9.17, 15) is 10.1 Å². The number of benzene rings is 3. The molecule has 3 aromatic carbocycles. The topological polar surface area (TPSA) is 70.7 Å². The van der Waals surface area contributed by atoms with Crippen molar-refractivity contribution in [3.63, 3.8) is 0 Å². The summed E-state index contributed by atoms with van der Waals surface area (Å²) in [7, 11) is 0. The molecule has 0 saturated carbocycles. The molecule has 1 aromatic heterocycles. The normalized spacial score (nSPS) is 11.0. The average Bonchev–Trinajstić information content (AvgIpc) is 3.24. The molecule has 1 heterocycles. The van der Waals surface area contributed by atoms with Crippen LogP contribution in [-0.4, -0.2) is 15.7 Å². The molecule has 0 unspecified atom stereocenters. The SMILES string of the molecule is N#CC(=Cc1cn(-c2ccccc2)nc1-c1ccccc1)C(=O)Nc1ccc(Cl)cc1. The maximum Gasteiger partial charge on any atom is 0.266 e. The molecule has 0 aliphatic rings. The Hall–Kier alpha value is -4.14. The molecule has 4 aromatic rings. The number of hydrogen-bond acceptors (Lipinski definition) is 3. The number of rotatable bonds is 5. The largest absolute Gasteiger partial charge is 0.321 e. The summed E-state index contributed by atoms with van der Waals surface area (Å²) in [5.74, 6) is -0.503. The minimum Gasteiger partial charge on any atom is -0.321 e. The number of anilines is 1. The molecule has 0 aliphatic heterocycles. The third kappa shape index (κ3) is 4.72. The smallest absolute Gasteiger partial charge is 0.266 e. The zero-order chi connectivity index (χ0) is 21.6. The van der Waals surface area contributed by atoms with Crippen LogP contribution in [0.25, 0.3) is 23.0 Å². The lowest BCUT2D eigenvalue weighted by atomic mass is 10.1. The highest BCUT2D eigenvalue weighted by molar-refractivity contribution is 6.30. The number of amides is 1. The van der Waals surface area contributed by atoms with Crippen molar-refractivity contribution in [1.82, 2.24) is 9.78 Å². The number of carbonyl (C=O) groups is 1. The molecule has 1 N–H and O–H groups in total. The Morgan fingerprint density at radius 2 is 1.61 bits per heavy atom. The van der Waals surface area contributed by atoms with Crippen molar-refractivity contribution in [2.45, 2.75) is 0 Å². The van der Waals surface area contributed by atoms with E-state index >= 15 is 0 Å². The maximum absolute atomic E-state index is 12.7. The molecule has 1 amide bonds. The first kappa shape index (κ1) is 20.1. The number of para-hydroxylation sites is 1. The summed E-state index contributed by atoms with van der Waals surface area (Å²) in [6.45, 7) is 0. The van der Waals surface area contributed by atoms with Crippen molar-refractivity contribution < 1.29 is 4.79 Å². The number of hydrogen-bond donors (Lipinski definition) is 1. The first-order valence-corrected chi connectivity index (χ1v) is 9.91. The lowest BCUT2D eigenvalue weighted by Gasteiger charge is -2.04. The van der Waals surface area contributed by atoms with Gasteiger partial charge in [0.15, 0.2) is 0 Å². The van der Waals surface area contributed by atoms with Crippen molar-refractivity contribution in [3.05, 3.63) is 107 Å². The van der Waals surface area contributed by atoms with Gasteiger partial charge < -0.3 is 5.32 Å². The minimum absolute atomic E-state index is 0.0280. The van der Waals surface area contributed by atoms with Crippen molar-refractivity contribution in [2.75, 3.05) is 5.32 Å². The first-order chi connectivity index (χ1) is 15.1. The van der Waals surface area contributed by atoms with E-state index in [1.54, 1.807) is 35.0 Å². The van der Waals surface area contributed by atoms with E-state index in [1.807, 2.05) is 72.9 Å². The van der Waals surface area contributed by atoms with Crippen LogP contribution in [0.3, 0.4) is 0 Å². The molecule has 0 spiro atoms. The first-order valence-electron chi connectivity index (χ1n) is 9.53. The maximum atomic E-state index is 12.7. The van der Waals surface area contributed by atoms with E-state index in [0.717, 1.165) is 11.3 Å². The summed E-state index contributed by atoms with van der Waals surface area (Å²) in [5.41, 5.74) is 3.63. The zero-order valence-electron chi connectivity index (χ0n) is 16.4. The molecular weight excluding hydrogens is 408 g/mol. The summed E-state index contributed by atoms with van der Waals surface area (Å²) < 4.78 is 1.74. The number of nitriles is 1. The van der Waals surface area contributed by atoms with Gasteiger partial charge in [0, 0.05) is 28.0 Å². The lowest BCUT2D eigenvalue weighted by Crippen LogP contribution is -2.13. The van der Waals surface area contributed by atoms with Gasteiger partial charge in [-0.2, -0.15) is 10.4 Å². The van der Waals surface area contributed by atoms with Crippen LogP contribution in [0.5, 0.6) is 0 Å². The van der Waals surface area contributed by atoms with Crippen LogP contribution >= 0.6 is 11.6 Å². The predicted molar refractivity (Wildman–Crippen MR) is 123 cm³/mol. The van der Waals surface area contributed by atoms with Crippen LogP contribution in [0.1, 0.15) is 5.56 Å². The van der Waals surface area contributed by atoms with Gasteiger partial charge in [-0.1, -0.05) is 60.1 Å². The Kier molecular flexibility index (Phi) is 5.93. The average molecular weight is 425 g/mol. The summed E-state index contributed by atoms with van der Waals surface area (Å²) in [5, 5.41) is 17.6. The predicted octanol–water partition coefficient (Wildman–Crippen LogP) is 5.74. The molecule has 0 fully saturated rings. The summed E-state index contributed by atoms with van der Waals surface area (Å²) in [6.07, 6.45) is 3.37. The van der Waals surface area contributed by atoms with Crippen LogP contribution < -0.4 is 5.32 Å². The fourth-order valence-corrected chi connectivity index (χ4v) is 3.19. The molecule has 0 bridgehead atoms. The van der Waals surface area contributed by atoms with Crippen molar-refractivity contribution in [3.8, 4) is 23.0 Å². The molecule has 4 rings (SSSR count). The van der Waals surface area contributed by atoms with Gasteiger partial charge in [0.25, 0.3) is 5.91 Å². The fourth-order valence-electron chi connectivity index (χ4n) is 3.06. The Balaban J connectivity index is 1.73. The minimum atomic E-state index is -0.503. The number of nitrogens with one attached hydrogen (secondary N) is 1. The second-order valence-electron chi connectivity index (χ2n) is 6.71. The van der Waals surface area contributed by atoms with Gasteiger partial charge in [-0.25, -0.2) is 4.68 Å². The van der Waals surface area contributed by atoms with Crippen molar-refractivity contribution in [2.24, 2.45) is 0 Å². The summed E-state index contributed by atoms with van der Waals surface area (Å²) in [4.78, 5) is 12.7. The van der Waals surface area contributed by atoms with Gasteiger partial charge in [-0.3, -0.25) is 4.79 Å². The monoisotopic (exact) mass is 424 g/mol. The van der Waals surface area contributed by atoms with Crippen LogP contribution in [0.4, 0.5) is 5.69 Å². The van der Waals surface area contributed by atoms with Gasteiger partial charge >= 0.3 is 0 Å². The number of nitrogens with zero attached hydrogens (tertiary/aromatic N) is 3. The second-order valence-corrected chi connectivity index (χ2v) is 7.15. The Morgan fingerprint density at radius 3 is 2.26 bits per heavy atom. The molecule has 31 heavy (non-hydrogen) atoms. The molecule has 5 nitrogen and oxygen atoms in total. The third-order valence-electron chi connectivity index (χ3n) is 4.58. The fraction of sp³-hybridized carbons (Fsp3) is 0. The van der Waals surface area contributed by atoms with E-state index in [1.165, 1.54) is 0 Å². The molecule has 0 aliphatic carbocycles. The van der Waals surface area contributed by atoms with Crippen LogP contribution in [-0.2, 0) is 4.79 Å². The Labute approximate surface area is 184 Å². The Morgan fingerprint density at radius 1 is 0.968 bits per heavy atom. The third-order valence-corrected chi connectivity index (χ3v) is 4.83. The van der Waals surface area contributed by atoms with Crippen LogP contribution in [0, 0.1) is 11.3 Å². The highest BCUT2D eigenvalue weighted by Gasteiger charge is 2.15. The summed E-state index contributed by atoms with van der Waals surface area (Å²) >= 11 is 5.89.